The van der Waals surface area contributed by atoms with Crippen LogP contribution < -0.4 is 5.76 Å². The normalized spacial score (nSPS) is 16.8. The van der Waals surface area contributed by atoms with E-state index in [1.54, 1.807) is 22.8 Å². The van der Waals surface area contributed by atoms with Gasteiger partial charge in [0, 0.05) is 11.1 Å². The van der Waals surface area contributed by atoms with E-state index in [2.05, 4.69) is 11.9 Å². The highest BCUT2D eigenvalue weighted by atomic mass is 35.5. The molecule has 1 saturated carbocycles. The lowest BCUT2D eigenvalue weighted by Crippen LogP contribution is -2.34. The van der Waals surface area contributed by atoms with Gasteiger partial charge in [-0.25, -0.2) is 4.79 Å². The Kier molecular flexibility index (Phi) is 3.37. The maximum Gasteiger partial charge on any atom is 0.421 e. The Morgan fingerprint density at radius 2 is 2.16 bits per heavy atom. The summed E-state index contributed by atoms with van der Waals surface area (Å²) in [6.07, 6.45) is 4.98. The number of fused-ring (bicyclic) bond motifs is 1. The fraction of sp³-hybridized carbons (Fsp3) is 0.500. The van der Waals surface area contributed by atoms with Crippen molar-refractivity contribution in [2.24, 2.45) is 0 Å². The Balaban J connectivity index is 1.93. The molecule has 4 nitrogen and oxygen atoms in total. The molecule has 0 saturated heterocycles. The van der Waals surface area contributed by atoms with E-state index in [0.717, 1.165) is 5.52 Å². The third kappa shape index (κ3) is 2.42. The van der Waals surface area contributed by atoms with Gasteiger partial charge in [0.2, 0.25) is 0 Å². The van der Waals surface area contributed by atoms with Crippen LogP contribution in [0.4, 0.5) is 0 Å². The summed E-state index contributed by atoms with van der Waals surface area (Å²) in [6.45, 7) is 0.552. The Bertz CT molecular complexity index is 640. The van der Waals surface area contributed by atoms with Crippen LogP contribution in [0.5, 0.6) is 0 Å². The molecule has 1 aliphatic carbocycles. The van der Waals surface area contributed by atoms with Crippen molar-refractivity contribution < 1.29 is 4.42 Å². The lowest BCUT2D eigenvalue weighted by Gasteiger charge is -2.23. The van der Waals surface area contributed by atoms with Crippen molar-refractivity contribution in [3.8, 4) is 0 Å². The summed E-state index contributed by atoms with van der Waals surface area (Å²) in [7, 11) is 2.06. The number of rotatable bonds is 3. The molecule has 0 N–H and O–H groups in total. The number of halogens is 1. The third-order valence-corrected chi connectivity index (χ3v) is 4.18. The Morgan fingerprint density at radius 3 is 2.89 bits per heavy atom. The number of benzene rings is 1. The molecule has 5 heteroatoms. The molecule has 1 aromatic heterocycles. The number of hydrogen-bond donors (Lipinski definition) is 0. The highest BCUT2D eigenvalue weighted by Crippen LogP contribution is 2.24. The summed E-state index contributed by atoms with van der Waals surface area (Å²) < 4.78 is 6.89. The molecule has 0 atom stereocenters. The van der Waals surface area contributed by atoms with Crippen LogP contribution in [0.2, 0.25) is 5.02 Å². The molecule has 0 radical (unpaired) electrons. The minimum atomic E-state index is -0.317. The van der Waals surface area contributed by atoms with E-state index >= 15 is 0 Å². The first-order chi connectivity index (χ1) is 9.15. The molecule has 2 aromatic rings. The van der Waals surface area contributed by atoms with E-state index < -0.39 is 0 Å². The predicted molar refractivity (Wildman–Crippen MR) is 75.5 cm³/mol. The topological polar surface area (TPSA) is 38.4 Å². The smallest absolute Gasteiger partial charge is 0.408 e. The van der Waals surface area contributed by atoms with Crippen LogP contribution in [-0.4, -0.2) is 22.6 Å². The maximum absolute atomic E-state index is 11.9. The number of aromatic nitrogens is 1. The van der Waals surface area contributed by atoms with Gasteiger partial charge >= 0.3 is 5.76 Å². The van der Waals surface area contributed by atoms with E-state index in [-0.39, 0.29) is 5.76 Å². The summed E-state index contributed by atoms with van der Waals surface area (Å²) in [5.74, 6) is -0.317. The Morgan fingerprint density at radius 1 is 1.42 bits per heavy atom. The van der Waals surface area contributed by atoms with Crippen LogP contribution in [0.3, 0.4) is 0 Å². The van der Waals surface area contributed by atoms with Gasteiger partial charge in [-0.15, -0.1) is 0 Å². The first-order valence-electron chi connectivity index (χ1n) is 6.64. The first-order valence-corrected chi connectivity index (χ1v) is 7.02. The summed E-state index contributed by atoms with van der Waals surface area (Å²) >= 11 is 5.99. The molecule has 1 fully saturated rings. The Labute approximate surface area is 116 Å². The zero-order chi connectivity index (χ0) is 13.4. The van der Waals surface area contributed by atoms with Gasteiger partial charge < -0.3 is 4.42 Å². The minimum absolute atomic E-state index is 0.317. The van der Waals surface area contributed by atoms with Crippen LogP contribution in [0, 0.1) is 0 Å². The van der Waals surface area contributed by atoms with Gasteiger partial charge in [0.1, 0.15) is 0 Å². The quantitative estimate of drug-likeness (QED) is 0.867. The summed E-state index contributed by atoms with van der Waals surface area (Å²) in [5.41, 5.74) is 1.36. The Hall–Kier alpha value is -1.26. The molecule has 0 unspecified atom stereocenters. The van der Waals surface area contributed by atoms with E-state index in [4.69, 9.17) is 16.0 Å². The lowest BCUT2D eigenvalue weighted by atomic mass is 10.2. The molecular weight excluding hydrogens is 264 g/mol. The van der Waals surface area contributed by atoms with Gasteiger partial charge in [-0.2, -0.15) is 0 Å². The average molecular weight is 281 g/mol. The highest BCUT2D eigenvalue weighted by molar-refractivity contribution is 6.31. The van der Waals surface area contributed by atoms with E-state index in [1.807, 2.05) is 0 Å². The molecule has 0 spiro atoms. The highest BCUT2D eigenvalue weighted by Gasteiger charge is 2.21. The third-order valence-electron chi connectivity index (χ3n) is 3.94. The van der Waals surface area contributed by atoms with E-state index in [0.29, 0.717) is 23.3 Å². The summed E-state index contributed by atoms with van der Waals surface area (Å²) in [4.78, 5) is 14.2. The largest absolute Gasteiger partial charge is 0.421 e. The number of oxazole rings is 1. The van der Waals surface area contributed by atoms with Crippen LogP contribution in [-0.2, 0) is 6.67 Å². The van der Waals surface area contributed by atoms with Gasteiger partial charge in [0.05, 0.1) is 12.2 Å². The second kappa shape index (κ2) is 5.02. The van der Waals surface area contributed by atoms with Crippen molar-refractivity contribution in [1.82, 2.24) is 9.47 Å². The fourth-order valence-corrected chi connectivity index (χ4v) is 3.02. The lowest BCUT2D eigenvalue weighted by molar-refractivity contribution is 0.191. The van der Waals surface area contributed by atoms with Gasteiger partial charge in [-0.1, -0.05) is 24.4 Å². The van der Waals surface area contributed by atoms with Crippen LogP contribution in [0.1, 0.15) is 25.7 Å². The van der Waals surface area contributed by atoms with Gasteiger partial charge in [0.15, 0.2) is 5.58 Å². The first kappa shape index (κ1) is 12.8. The number of nitrogens with zero attached hydrogens (tertiary/aromatic N) is 2. The van der Waals surface area contributed by atoms with Crippen molar-refractivity contribution in [3.05, 3.63) is 33.8 Å². The molecule has 1 aromatic carbocycles. The molecule has 1 aliphatic rings. The van der Waals surface area contributed by atoms with Crippen molar-refractivity contribution >= 4 is 22.7 Å². The minimum Gasteiger partial charge on any atom is -0.408 e. The van der Waals surface area contributed by atoms with Gasteiger partial charge in [-0.3, -0.25) is 9.47 Å². The molecule has 0 bridgehead atoms. The van der Waals surface area contributed by atoms with Crippen molar-refractivity contribution in [2.75, 3.05) is 7.05 Å². The average Bonchev–Trinajstić information content (AvgIpc) is 2.99. The molecule has 19 heavy (non-hydrogen) atoms. The second-order valence-electron chi connectivity index (χ2n) is 5.24. The molecular formula is C14H17ClN2O2. The van der Waals surface area contributed by atoms with Crippen molar-refractivity contribution in [3.63, 3.8) is 0 Å². The summed E-state index contributed by atoms with van der Waals surface area (Å²) in [5, 5.41) is 0.616. The molecule has 102 valence electrons. The number of hydrogen-bond acceptors (Lipinski definition) is 3. The summed E-state index contributed by atoms with van der Waals surface area (Å²) in [6, 6.07) is 5.82. The van der Waals surface area contributed by atoms with Crippen LogP contribution >= 0.6 is 11.6 Å². The van der Waals surface area contributed by atoms with Crippen molar-refractivity contribution in [1.29, 1.82) is 0 Å². The SMILES string of the molecule is CN(Cn1c(=O)oc2ccc(Cl)cc21)C1CCCC1. The molecule has 0 aliphatic heterocycles. The maximum atomic E-state index is 11.9. The standard InChI is InChI=1S/C14H17ClN2O2/c1-16(11-4-2-3-5-11)9-17-12-8-10(15)6-7-13(12)19-14(17)18/h6-8,11H,2-5,9H2,1H3. The van der Waals surface area contributed by atoms with Crippen molar-refractivity contribution in [2.45, 2.75) is 38.4 Å². The van der Waals surface area contributed by atoms with Gasteiger partial charge in [0.25, 0.3) is 0 Å². The predicted octanol–water partition coefficient (Wildman–Crippen LogP) is 3.08. The molecule has 0 amide bonds. The molecule has 3 rings (SSSR count). The van der Waals surface area contributed by atoms with Crippen LogP contribution in [0.25, 0.3) is 11.1 Å². The second-order valence-corrected chi connectivity index (χ2v) is 5.68. The van der Waals surface area contributed by atoms with Crippen LogP contribution in [0.15, 0.2) is 27.4 Å². The van der Waals surface area contributed by atoms with Gasteiger partial charge in [-0.05, 0) is 38.1 Å². The zero-order valence-corrected chi connectivity index (χ0v) is 11.7. The fourth-order valence-electron chi connectivity index (χ4n) is 2.85. The van der Waals surface area contributed by atoms with E-state index in [9.17, 15) is 4.79 Å². The molecule has 1 heterocycles. The zero-order valence-electron chi connectivity index (χ0n) is 10.9. The van der Waals surface area contributed by atoms with E-state index in [1.165, 1.54) is 25.7 Å². The monoisotopic (exact) mass is 280 g/mol.